The molecule has 0 spiro atoms. The average molecular weight is 258 g/mol. The van der Waals surface area contributed by atoms with Crippen LogP contribution < -0.4 is 5.32 Å². The Morgan fingerprint density at radius 1 is 1.47 bits per heavy atom. The lowest BCUT2D eigenvalue weighted by Crippen LogP contribution is -2.29. The molecule has 0 atom stereocenters. The first-order valence-corrected chi connectivity index (χ1v) is 6.02. The lowest BCUT2D eigenvalue weighted by Gasteiger charge is -2.14. The van der Waals surface area contributed by atoms with E-state index in [1.54, 1.807) is 32.1 Å². The molecule has 1 N–H and O–H groups in total. The van der Waals surface area contributed by atoms with Crippen LogP contribution in [0.25, 0.3) is 0 Å². The molecule has 0 saturated carbocycles. The summed E-state index contributed by atoms with van der Waals surface area (Å²) in [5.41, 5.74) is 1.71. The molecule has 0 aliphatic rings. The van der Waals surface area contributed by atoms with Crippen LogP contribution in [0.2, 0.25) is 0 Å². The van der Waals surface area contributed by atoms with E-state index in [1.165, 1.54) is 0 Å². The molecule has 0 aromatic carbocycles. The van der Waals surface area contributed by atoms with Gasteiger partial charge in [-0.25, -0.2) is 0 Å². The minimum absolute atomic E-state index is 0.144. The van der Waals surface area contributed by atoms with E-state index in [0.717, 1.165) is 5.69 Å². The molecule has 0 radical (unpaired) electrons. The first-order chi connectivity index (χ1) is 9.06. The zero-order valence-corrected chi connectivity index (χ0v) is 11.5. The number of nitriles is 1. The molecule has 0 unspecified atom stereocenters. The number of allylic oxidation sites excluding steroid dienone is 1. The van der Waals surface area contributed by atoms with Crippen molar-refractivity contribution in [2.24, 2.45) is 0 Å². The van der Waals surface area contributed by atoms with Crippen molar-refractivity contribution in [1.82, 2.24) is 15.2 Å². The van der Waals surface area contributed by atoms with Crippen molar-refractivity contribution in [3.63, 3.8) is 0 Å². The number of nitrogens with one attached hydrogen (secondary N) is 1. The Hall–Kier alpha value is -2.35. The predicted molar refractivity (Wildman–Crippen MR) is 73.0 cm³/mol. The first-order valence-electron chi connectivity index (χ1n) is 6.02. The van der Waals surface area contributed by atoms with E-state index in [-0.39, 0.29) is 11.5 Å². The van der Waals surface area contributed by atoms with Crippen LogP contribution >= 0.6 is 0 Å². The number of aromatic nitrogens is 1. The van der Waals surface area contributed by atoms with Gasteiger partial charge < -0.3 is 10.2 Å². The fourth-order valence-corrected chi connectivity index (χ4v) is 1.46. The molecule has 5 heteroatoms. The third kappa shape index (κ3) is 4.43. The highest BCUT2D eigenvalue weighted by atomic mass is 16.1. The summed E-state index contributed by atoms with van der Waals surface area (Å²) in [7, 11) is 3.60. The number of hydrogen-bond acceptors (Lipinski definition) is 4. The monoisotopic (exact) mass is 258 g/mol. The van der Waals surface area contributed by atoms with Gasteiger partial charge >= 0.3 is 0 Å². The first kappa shape index (κ1) is 14.7. The lowest BCUT2D eigenvalue weighted by molar-refractivity contribution is -0.117. The van der Waals surface area contributed by atoms with Gasteiger partial charge in [0.1, 0.15) is 11.6 Å². The zero-order valence-electron chi connectivity index (χ0n) is 11.5. The van der Waals surface area contributed by atoms with Crippen LogP contribution in [0, 0.1) is 11.3 Å². The van der Waals surface area contributed by atoms with E-state index in [2.05, 4.69) is 10.3 Å². The van der Waals surface area contributed by atoms with Gasteiger partial charge in [0.05, 0.1) is 0 Å². The second-order valence-electron chi connectivity index (χ2n) is 4.29. The molecule has 0 saturated heterocycles. The molecule has 5 nitrogen and oxygen atoms in total. The molecule has 0 bridgehead atoms. The Kier molecular flexibility index (Phi) is 5.55. The highest BCUT2D eigenvalue weighted by Gasteiger charge is 2.13. The number of hydrogen-bond donors (Lipinski definition) is 1. The fourth-order valence-electron chi connectivity index (χ4n) is 1.46. The summed E-state index contributed by atoms with van der Waals surface area (Å²) >= 11 is 0. The highest BCUT2D eigenvalue weighted by Crippen LogP contribution is 2.05. The molecule has 0 aliphatic carbocycles. The Morgan fingerprint density at radius 2 is 2.21 bits per heavy atom. The molecule has 1 rings (SSSR count). The van der Waals surface area contributed by atoms with Crippen LogP contribution in [-0.2, 0) is 11.2 Å². The van der Waals surface area contributed by atoms with Crippen molar-refractivity contribution < 1.29 is 4.79 Å². The van der Waals surface area contributed by atoms with Gasteiger partial charge in [-0.3, -0.25) is 9.78 Å². The Labute approximate surface area is 113 Å². The fraction of sp³-hybridized carbons (Fsp3) is 0.357. The zero-order chi connectivity index (χ0) is 14.3. The Morgan fingerprint density at radius 3 is 2.74 bits per heavy atom. The maximum absolute atomic E-state index is 11.9. The summed E-state index contributed by atoms with van der Waals surface area (Å²) in [6.45, 7) is 2.21. The van der Waals surface area contributed by atoms with Crippen molar-refractivity contribution in [2.75, 3.05) is 20.6 Å². The van der Waals surface area contributed by atoms with Crippen LogP contribution in [0.3, 0.4) is 0 Å². The van der Waals surface area contributed by atoms with Crippen molar-refractivity contribution >= 4 is 5.91 Å². The molecule has 0 aliphatic heterocycles. The molecule has 1 amide bonds. The summed E-state index contributed by atoms with van der Waals surface area (Å²) in [4.78, 5) is 17.8. The summed E-state index contributed by atoms with van der Waals surface area (Å²) in [6, 6.07) is 7.59. The average Bonchev–Trinajstić information content (AvgIpc) is 2.40. The van der Waals surface area contributed by atoms with E-state index in [4.69, 9.17) is 5.26 Å². The molecule has 1 heterocycles. The molecule has 1 aromatic heterocycles. The summed E-state index contributed by atoms with van der Waals surface area (Å²) in [6.07, 6.45) is 2.36. The number of amides is 1. The molecular formula is C14H18N4O. The predicted octanol–water partition coefficient (Wildman–Crippen LogP) is 1.10. The minimum atomic E-state index is -0.343. The number of rotatable bonds is 5. The van der Waals surface area contributed by atoms with E-state index in [0.29, 0.717) is 18.7 Å². The van der Waals surface area contributed by atoms with E-state index >= 15 is 0 Å². The van der Waals surface area contributed by atoms with Crippen LogP contribution in [0.4, 0.5) is 0 Å². The van der Waals surface area contributed by atoms with Gasteiger partial charge in [-0.15, -0.1) is 0 Å². The van der Waals surface area contributed by atoms with Crippen LogP contribution in [0.5, 0.6) is 0 Å². The van der Waals surface area contributed by atoms with Crippen molar-refractivity contribution in [3.8, 4) is 6.07 Å². The molecule has 19 heavy (non-hydrogen) atoms. The maximum atomic E-state index is 11.9. The van der Waals surface area contributed by atoms with Gasteiger partial charge in [0.2, 0.25) is 0 Å². The highest BCUT2D eigenvalue weighted by molar-refractivity contribution is 5.97. The third-order valence-electron chi connectivity index (χ3n) is 2.76. The largest absolute Gasteiger partial charge is 0.380 e. The molecule has 100 valence electrons. The van der Waals surface area contributed by atoms with Gasteiger partial charge in [0.25, 0.3) is 5.91 Å². The topological polar surface area (TPSA) is 69.0 Å². The van der Waals surface area contributed by atoms with Crippen molar-refractivity contribution in [3.05, 3.63) is 41.4 Å². The van der Waals surface area contributed by atoms with Gasteiger partial charge in [0, 0.05) is 44.6 Å². The number of nitrogens with zero attached hydrogens (tertiary/aromatic N) is 3. The minimum Gasteiger partial charge on any atom is -0.380 e. The van der Waals surface area contributed by atoms with E-state index in [1.807, 2.05) is 24.3 Å². The van der Waals surface area contributed by atoms with Crippen molar-refractivity contribution in [2.45, 2.75) is 13.3 Å². The molecular weight excluding hydrogens is 240 g/mol. The SMILES string of the molecule is CC(=C(C#N)C(=O)NCCc1ccccn1)N(C)C. The van der Waals surface area contributed by atoms with E-state index < -0.39 is 0 Å². The maximum Gasteiger partial charge on any atom is 0.263 e. The van der Waals surface area contributed by atoms with Crippen molar-refractivity contribution in [1.29, 1.82) is 5.26 Å². The van der Waals surface area contributed by atoms with E-state index in [9.17, 15) is 4.79 Å². The number of carbonyl (C=O) groups excluding carboxylic acids is 1. The van der Waals surface area contributed by atoms with Gasteiger partial charge in [-0.05, 0) is 19.1 Å². The summed E-state index contributed by atoms with van der Waals surface area (Å²) in [5.74, 6) is -0.343. The van der Waals surface area contributed by atoms with Crippen LogP contribution in [0.15, 0.2) is 35.7 Å². The number of carbonyl (C=O) groups is 1. The Bertz CT molecular complexity index is 500. The van der Waals surface area contributed by atoms with Crippen LogP contribution in [-0.4, -0.2) is 36.4 Å². The lowest BCUT2D eigenvalue weighted by atomic mass is 10.2. The Balaban J connectivity index is 2.56. The van der Waals surface area contributed by atoms with Gasteiger partial charge in [-0.2, -0.15) is 5.26 Å². The smallest absolute Gasteiger partial charge is 0.263 e. The number of pyridine rings is 1. The summed E-state index contributed by atoms with van der Waals surface area (Å²) < 4.78 is 0. The normalized spacial score (nSPS) is 11.3. The quantitative estimate of drug-likeness (QED) is 0.634. The molecule has 1 aromatic rings. The van der Waals surface area contributed by atoms with Gasteiger partial charge in [-0.1, -0.05) is 6.07 Å². The summed E-state index contributed by atoms with van der Waals surface area (Å²) in [5, 5.41) is 11.8. The second kappa shape index (κ2) is 7.17. The standard InChI is InChI=1S/C14H18N4O/c1-11(18(2)3)13(10-15)14(19)17-9-7-12-6-4-5-8-16-12/h4-6,8H,7,9H2,1-3H3,(H,17,19). The molecule has 0 fully saturated rings. The van der Waals surface area contributed by atoms with Crippen LogP contribution in [0.1, 0.15) is 12.6 Å². The van der Waals surface area contributed by atoms with Gasteiger partial charge in [0.15, 0.2) is 0 Å². The second-order valence-corrected chi connectivity index (χ2v) is 4.29. The third-order valence-corrected chi connectivity index (χ3v) is 2.76.